The average molecular weight is 478 g/mol. The highest BCUT2D eigenvalue weighted by Crippen LogP contribution is 2.36. The molecule has 1 aliphatic rings. The van der Waals surface area contributed by atoms with Crippen LogP contribution in [0.15, 0.2) is 71.8 Å². The lowest BCUT2D eigenvalue weighted by atomic mass is 9.95. The Morgan fingerprint density at radius 1 is 0.938 bits per heavy atom. The van der Waals surface area contributed by atoms with Gasteiger partial charge in [0.05, 0.1) is 11.3 Å². The molecule has 1 atom stereocenters. The summed E-state index contributed by atoms with van der Waals surface area (Å²) in [5.74, 6) is -0.118. The maximum Gasteiger partial charge on any atom is 0.416 e. The Balaban J connectivity index is 1.54. The molecule has 3 aromatic rings. The largest absolute Gasteiger partial charge is 0.416 e. The summed E-state index contributed by atoms with van der Waals surface area (Å²) < 4.78 is 38.1. The van der Waals surface area contributed by atoms with Crippen LogP contribution in [0.3, 0.4) is 0 Å². The number of fused-ring (bicyclic) bond motifs is 1. The molecule has 0 spiro atoms. The Kier molecular flexibility index (Phi) is 6.13. The van der Waals surface area contributed by atoms with Crippen molar-refractivity contribution >= 4 is 40.6 Å². The van der Waals surface area contributed by atoms with Gasteiger partial charge in [-0.05, 0) is 66.1 Å². The normalized spacial score (nSPS) is 16.7. The highest BCUT2D eigenvalue weighted by Gasteiger charge is 2.31. The van der Waals surface area contributed by atoms with Gasteiger partial charge in [0.1, 0.15) is 0 Å². The maximum absolute atomic E-state index is 12.7. The van der Waals surface area contributed by atoms with Crippen LogP contribution in [0.1, 0.15) is 28.2 Å². The van der Waals surface area contributed by atoms with Crippen molar-refractivity contribution < 1.29 is 18.0 Å². The van der Waals surface area contributed by atoms with E-state index in [-0.39, 0.29) is 11.6 Å². The third-order valence-corrected chi connectivity index (χ3v) is 5.60. The predicted molar refractivity (Wildman–Crippen MR) is 119 cm³/mol. The van der Waals surface area contributed by atoms with E-state index < -0.39 is 17.8 Å². The summed E-state index contributed by atoms with van der Waals surface area (Å²) in [7, 11) is 0. The minimum Gasteiger partial charge on any atom is -0.307 e. The number of amides is 2. The number of halogens is 5. The summed E-state index contributed by atoms with van der Waals surface area (Å²) in [4.78, 5) is 12.3. The quantitative estimate of drug-likeness (QED) is 0.397. The smallest absolute Gasteiger partial charge is 0.307 e. The summed E-state index contributed by atoms with van der Waals surface area (Å²) in [5, 5.41) is 8.02. The highest BCUT2D eigenvalue weighted by atomic mass is 35.5. The Bertz CT molecular complexity index is 1180. The molecule has 0 aromatic heterocycles. The molecular formula is C23H16Cl2F3N3O. The van der Waals surface area contributed by atoms with E-state index in [0.29, 0.717) is 22.2 Å². The summed E-state index contributed by atoms with van der Waals surface area (Å²) in [6, 6.07) is 16.3. The Morgan fingerprint density at radius 3 is 2.25 bits per heavy atom. The first-order chi connectivity index (χ1) is 15.2. The molecule has 1 aliphatic carbocycles. The number of hydrogen-bond acceptors (Lipinski definition) is 2. The fraction of sp³-hybridized carbons (Fsp3) is 0.130. The molecule has 0 saturated heterocycles. The van der Waals surface area contributed by atoms with Crippen LogP contribution in [-0.2, 0) is 12.6 Å². The van der Waals surface area contributed by atoms with Gasteiger partial charge in [-0.15, -0.1) is 0 Å². The van der Waals surface area contributed by atoms with Gasteiger partial charge in [-0.3, -0.25) is 0 Å². The second kappa shape index (κ2) is 8.84. The highest BCUT2D eigenvalue weighted by molar-refractivity contribution is 6.31. The summed E-state index contributed by atoms with van der Waals surface area (Å²) in [5.41, 5.74) is 5.35. The van der Waals surface area contributed by atoms with Crippen LogP contribution < -0.4 is 10.7 Å². The Labute approximate surface area is 192 Å². The molecule has 1 unspecified atom stereocenters. The van der Waals surface area contributed by atoms with Crippen LogP contribution in [0, 0.1) is 0 Å². The molecule has 0 saturated carbocycles. The zero-order valence-electron chi connectivity index (χ0n) is 16.4. The van der Waals surface area contributed by atoms with Crippen molar-refractivity contribution in [3.05, 3.63) is 99.0 Å². The fourth-order valence-electron chi connectivity index (χ4n) is 3.61. The van der Waals surface area contributed by atoms with Gasteiger partial charge in [0.15, 0.2) is 0 Å². The second-order valence-corrected chi connectivity index (χ2v) is 8.12. The molecule has 0 fully saturated rings. The minimum atomic E-state index is -4.44. The molecular weight excluding hydrogens is 462 g/mol. The van der Waals surface area contributed by atoms with Gasteiger partial charge < -0.3 is 5.32 Å². The molecule has 4 nitrogen and oxygen atoms in total. The number of benzene rings is 3. The standard InChI is InChI=1S/C23H16Cl2F3N3O/c24-16-5-1-13(2-6-16)20-12-14-11-17(25)7-10-19(14)21(20)30-31-22(32)29-18-8-3-15(4-9-18)23(26,27)28/h1-11,20H,12H2,(H2,29,31,32). The number of carbonyl (C=O) groups excluding carboxylic acids is 1. The third-order valence-electron chi connectivity index (χ3n) is 5.12. The number of carbonyl (C=O) groups is 1. The number of alkyl halides is 3. The van der Waals surface area contributed by atoms with Gasteiger partial charge >= 0.3 is 12.2 Å². The number of anilines is 1. The van der Waals surface area contributed by atoms with E-state index in [0.717, 1.165) is 28.8 Å². The summed E-state index contributed by atoms with van der Waals surface area (Å²) in [6.07, 6.45) is -3.79. The third kappa shape index (κ3) is 4.89. The Hall–Kier alpha value is -3.03. The van der Waals surface area contributed by atoms with Crippen molar-refractivity contribution in [3.8, 4) is 0 Å². The molecule has 2 amide bonds. The number of rotatable bonds is 3. The van der Waals surface area contributed by atoms with Crippen molar-refractivity contribution in [2.75, 3.05) is 5.32 Å². The molecule has 9 heteroatoms. The molecule has 0 radical (unpaired) electrons. The van der Waals surface area contributed by atoms with E-state index in [4.69, 9.17) is 23.2 Å². The van der Waals surface area contributed by atoms with Gasteiger partial charge in [-0.2, -0.15) is 18.3 Å². The molecule has 0 aliphatic heterocycles. The average Bonchev–Trinajstić information content (AvgIpc) is 3.10. The number of urea groups is 1. The molecule has 0 bridgehead atoms. The van der Waals surface area contributed by atoms with E-state index in [1.165, 1.54) is 12.1 Å². The van der Waals surface area contributed by atoms with Crippen LogP contribution in [0.4, 0.5) is 23.7 Å². The first-order valence-electron chi connectivity index (χ1n) is 9.57. The molecule has 32 heavy (non-hydrogen) atoms. The van der Waals surface area contributed by atoms with Crippen molar-refractivity contribution in [2.45, 2.75) is 18.5 Å². The van der Waals surface area contributed by atoms with Crippen LogP contribution in [-0.4, -0.2) is 11.7 Å². The number of hydrogen-bond donors (Lipinski definition) is 2. The van der Waals surface area contributed by atoms with Crippen molar-refractivity contribution in [1.82, 2.24) is 5.43 Å². The van der Waals surface area contributed by atoms with Crippen molar-refractivity contribution in [2.24, 2.45) is 5.10 Å². The molecule has 4 rings (SSSR count). The first kappa shape index (κ1) is 22.2. The fourth-order valence-corrected chi connectivity index (χ4v) is 3.93. The number of hydrazone groups is 1. The van der Waals surface area contributed by atoms with E-state index in [2.05, 4.69) is 15.8 Å². The predicted octanol–water partition coefficient (Wildman–Crippen LogP) is 6.88. The SMILES string of the molecule is O=C(NN=C1c2ccc(Cl)cc2CC1c1ccc(Cl)cc1)Nc1ccc(C(F)(F)F)cc1. The monoisotopic (exact) mass is 477 g/mol. The second-order valence-electron chi connectivity index (χ2n) is 7.25. The van der Waals surface area contributed by atoms with E-state index in [1.807, 2.05) is 24.3 Å². The first-order valence-corrected chi connectivity index (χ1v) is 10.3. The van der Waals surface area contributed by atoms with Gasteiger partial charge in [0.25, 0.3) is 0 Å². The lowest BCUT2D eigenvalue weighted by Crippen LogP contribution is -2.26. The lowest BCUT2D eigenvalue weighted by molar-refractivity contribution is -0.137. The van der Waals surface area contributed by atoms with E-state index in [9.17, 15) is 18.0 Å². The zero-order chi connectivity index (χ0) is 22.9. The van der Waals surface area contributed by atoms with Crippen molar-refractivity contribution in [1.29, 1.82) is 0 Å². The molecule has 2 N–H and O–H groups in total. The van der Waals surface area contributed by atoms with Gasteiger partial charge in [0, 0.05) is 27.2 Å². The van der Waals surface area contributed by atoms with Crippen LogP contribution in [0.2, 0.25) is 10.0 Å². The van der Waals surface area contributed by atoms with Crippen LogP contribution in [0.25, 0.3) is 0 Å². The van der Waals surface area contributed by atoms with E-state index in [1.54, 1.807) is 18.2 Å². The molecule has 0 heterocycles. The summed E-state index contributed by atoms with van der Waals surface area (Å²) in [6.45, 7) is 0. The summed E-state index contributed by atoms with van der Waals surface area (Å²) >= 11 is 12.1. The lowest BCUT2D eigenvalue weighted by Gasteiger charge is -2.13. The minimum absolute atomic E-state index is 0.118. The van der Waals surface area contributed by atoms with Gasteiger partial charge in [0.2, 0.25) is 0 Å². The van der Waals surface area contributed by atoms with E-state index >= 15 is 0 Å². The molecule has 164 valence electrons. The number of nitrogens with one attached hydrogen (secondary N) is 2. The maximum atomic E-state index is 12.7. The van der Waals surface area contributed by atoms with Gasteiger partial charge in [-0.25, -0.2) is 10.2 Å². The van der Waals surface area contributed by atoms with Crippen LogP contribution in [0.5, 0.6) is 0 Å². The molecule has 3 aromatic carbocycles. The zero-order valence-corrected chi connectivity index (χ0v) is 17.9. The Morgan fingerprint density at radius 2 is 1.59 bits per heavy atom. The number of nitrogens with zero attached hydrogens (tertiary/aromatic N) is 1. The van der Waals surface area contributed by atoms with Crippen molar-refractivity contribution in [3.63, 3.8) is 0 Å². The van der Waals surface area contributed by atoms with Crippen LogP contribution >= 0.6 is 23.2 Å². The van der Waals surface area contributed by atoms with Gasteiger partial charge in [-0.1, -0.05) is 41.4 Å². The topological polar surface area (TPSA) is 53.5 Å².